The molecule has 0 radical (unpaired) electrons. The van der Waals surface area contributed by atoms with E-state index < -0.39 is 0 Å². The number of carbonyl (C=O) groups is 1. The number of alkyl halides is 1. The lowest BCUT2D eigenvalue weighted by atomic mass is 9.92. The number of hydrogen-bond acceptors (Lipinski definition) is 1. The molecule has 0 bridgehead atoms. The number of halogens is 1. The van der Waals surface area contributed by atoms with E-state index in [1.807, 2.05) is 0 Å². The summed E-state index contributed by atoms with van der Waals surface area (Å²) in [5.74, 6) is 1.63. The van der Waals surface area contributed by atoms with E-state index in [-0.39, 0.29) is 11.5 Å². The molecule has 2 fully saturated rings. The average molecular weight is 320 g/mol. The molecule has 100 valence electrons. The first kappa shape index (κ1) is 12.0. The maximum atomic E-state index is 12.5. The third-order valence-electron chi connectivity index (χ3n) is 5.13. The first-order valence-corrected chi connectivity index (χ1v) is 8.32. The molecule has 0 spiro atoms. The smallest absolute Gasteiger partial charge is 0.224 e. The molecule has 3 atom stereocenters. The summed E-state index contributed by atoms with van der Waals surface area (Å²) in [6.45, 7) is 0. The number of hydrogen-bond donors (Lipinski definition) is 1. The summed E-state index contributed by atoms with van der Waals surface area (Å²) in [5, 5.41) is 4.17. The Kier molecular flexibility index (Phi) is 2.57. The first-order valence-electron chi connectivity index (χ1n) is 7.20. The molecular formula is C16H18BrNO. The van der Waals surface area contributed by atoms with Crippen LogP contribution in [0.25, 0.3) is 0 Å². The minimum Gasteiger partial charge on any atom is -0.350 e. The zero-order chi connectivity index (χ0) is 13.0. The Hall–Kier alpha value is -0.830. The lowest BCUT2D eigenvalue weighted by Crippen LogP contribution is -2.39. The monoisotopic (exact) mass is 319 g/mol. The standard InChI is InChI=1S/C16H18BrNO/c17-9-16(7-8-16)18-15(19)14-12-6-5-10-3-1-2-4-11(10)13(12)14/h1-4,12-14H,5-9H2,(H,18,19). The maximum absolute atomic E-state index is 12.5. The molecule has 3 heteroatoms. The van der Waals surface area contributed by atoms with Gasteiger partial charge >= 0.3 is 0 Å². The van der Waals surface area contributed by atoms with Crippen molar-refractivity contribution in [2.45, 2.75) is 37.1 Å². The van der Waals surface area contributed by atoms with Crippen LogP contribution in [0.1, 0.15) is 36.3 Å². The van der Waals surface area contributed by atoms with Gasteiger partial charge in [-0.3, -0.25) is 4.79 Å². The Bertz CT molecular complexity index is 537. The molecule has 1 amide bonds. The zero-order valence-electron chi connectivity index (χ0n) is 10.9. The SMILES string of the molecule is O=C(NC1(CBr)CC1)C1C2CCc3ccccc3C21. The van der Waals surface area contributed by atoms with Crippen molar-refractivity contribution in [2.75, 3.05) is 5.33 Å². The van der Waals surface area contributed by atoms with Gasteiger partial charge in [0.1, 0.15) is 0 Å². The average Bonchev–Trinajstić information content (AvgIpc) is 3.33. The van der Waals surface area contributed by atoms with Gasteiger partial charge in [0.15, 0.2) is 0 Å². The molecule has 19 heavy (non-hydrogen) atoms. The van der Waals surface area contributed by atoms with Gasteiger partial charge in [0.2, 0.25) is 5.91 Å². The van der Waals surface area contributed by atoms with Gasteiger partial charge in [-0.1, -0.05) is 40.2 Å². The van der Waals surface area contributed by atoms with Crippen molar-refractivity contribution in [1.29, 1.82) is 0 Å². The summed E-state index contributed by atoms with van der Waals surface area (Å²) >= 11 is 3.52. The third kappa shape index (κ3) is 1.85. The van der Waals surface area contributed by atoms with E-state index in [1.54, 1.807) is 0 Å². The highest BCUT2D eigenvalue weighted by Crippen LogP contribution is 2.60. The fourth-order valence-electron chi connectivity index (χ4n) is 3.71. The molecular weight excluding hydrogens is 302 g/mol. The van der Waals surface area contributed by atoms with Crippen molar-refractivity contribution in [3.05, 3.63) is 35.4 Å². The number of aryl methyl sites for hydroxylation is 1. The minimum absolute atomic E-state index is 0.0857. The van der Waals surface area contributed by atoms with Crippen LogP contribution in [-0.2, 0) is 11.2 Å². The summed E-state index contributed by atoms with van der Waals surface area (Å²) in [5.41, 5.74) is 2.98. The Morgan fingerprint density at radius 1 is 1.37 bits per heavy atom. The molecule has 0 heterocycles. The van der Waals surface area contributed by atoms with Crippen molar-refractivity contribution in [3.63, 3.8) is 0 Å². The van der Waals surface area contributed by atoms with Crippen molar-refractivity contribution in [1.82, 2.24) is 5.32 Å². The van der Waals surface area contributed by atoms with Crippen LogP contribution >= 0.6 is 15.9 Å². The second kappa shape index (κ2) is 4.08. The van der Waals surface area contributed by atoms with Gasteiger partial charge in [0, 0.05) is 16.8 Å². The topological polar surface area (TPSA) is 29.1 Å². The largest absolute Gasteiger partial charge is 0.350 e. The van der Waals surface area contributed by atoms with E-state index in [0.29, 0.717) is 17.7 Å². The number of amides is 1. The van der Waals surface area contributed by atoms with Crippen molar-refractivity contribution >= 4 is 21.8 Å². The van der Waals surface area contributed by atoms with Gasteiger partial charge in [0.25, 0.3) is 0 Å². The predicted octanol–water partition coefficient (Wildman–Crippen LogP) is 3.01. The fraction of sp³-hybridized carbons (Fsp3) is 0.562. The number of carbonyl (C=O) groups excluding carboxylic acids is 1. The van der Waals surface area contributed by atoms with Gasteiger partial charge < -0.3 is 5.32 Å². The molecule has 3 unspecified atom stereocenters. The van der Waals surface area contributed by atoms with Crippen molar-refractivity contribution in [2.24, 2.45) is 11.8 Å². The number of benzene rings is 1. The second-order valence-electron chi connectivity index (χ2n) is 6.36. The minimum atomic E-state index is 0.0857. The summed E-state index contributed by atoms with van der Waals surface area (Å²) < 4.78 is 0. The third-order valence-corrected chi connectivity index (χ3v) is 6.20. The van der Waals surface area contributed by atoms with Crippen LogP contribution in [0.3, 0.4) is 0 Å². The highest BCUT2D eigenvalue weighted by Gasteiger charge is 2.58. The van der Waals surface area contributed by atoms with Gasteiger partial charge in [-0.2, -0.15) is 0 Å². The number of nitrogens with one attached hydrogen (secondary N) is 1. The summed E-state index contributed by atoms with van der Waals surface area (Å²) in [6.07, 6.45) is 4.58. The molecule has 4 rings (SSSR count). The summed E-state index contributed by atoms with van der Waals surface area (Å²) in [4.78, 5) is 12.5. The fourth-order valence-corrected chi connectivity index (χ4v) is 4.41. The van der Waals surface area contributed by atoms with Crippen LogP contribution < -0.4 is 5.32 Å². The molecule has 0 aromatic heterocycles. The van der Waals surface area contributed by atoms with Crippen LogP contribution in [0.15, 0.2) is 24.3 Å². The van der Waals surface area contributed by atoms with Crippen LogP contribution in [0, 0.1) is 11.8 Å². The van der Waals surface area contributed by atoms with E-state index in [4.69, 9.17) is 0 Å². The number of fused-ring (bicyclic) bond motifs is 3. The highest BCUT2D eigenvalue weighted by atomic mass is 79.9. The van der Waals surface area contributed by atoms with E-state index >= 15 is 0 Å². The van der Waals surface area contributed by atoms with E-state index in [2.05, 4.69) is 45.5 Å². The van der Waals surface area contributed by atoms with Gasteiger partial charge in [-0.15, -0.1) is 0 Å². The molecule has 3 aliphatic rings. The van der Waals surface area contributed by atoms with Gasteiger partial charge in [-0.05, 0) is 48.6 Å². The predicted molar refractivity (Wildman–Crippen MR) is 78.4 cm³/mol. The van der Waals surface area contributed by atoms with Crippen molar-refractivity contribution < 1.29 is 4.79 Å². The lowest BCUT2D eigenvalue weighted by molar-refractivity contribution is -0.123. The molecule has 1 N–H and O–H groups in total. The highest BCUT2D eigenvalue weighted by molar-refractivity contribution is 9.09. The molecule has 0 aliphatic heterocycles. The second-order valence-corrected chi connectivity index (χ2v) is 6.92. The molecule has 2 saturated carbocycles. The van der Waals surface area contributed by atoms with Gasteiger partial charge in [-0.25, -0.2) is 0 Å². The van der Waals surface area contributed by atoms with Crippen molar-refractivity contribution in [3.8, 4) is 0 Å². The lowest BCUT2D eigenvalue weighted by Gasteiger charge is -2.14. The van der Waals surface area contributed by atoms with Crippen LogP contribution in [0.4, 0.5) is 0 Å². The van der Waals surface area contributed by atoms with Crippen LogP contribution in [0.2, 0.25) is 0 Å². The zero-order valence-corrected chi connectivity index (χ0v) is 12.4. The Morgan fingerprint density at radius 2 is 2.16 bits per heavy atom. The van der Waals surface area contributed by atoms with Crippen LogP contribution in [0.5, 0.6) is 0 Å². The normalized spacial score (nSPS) is 33.0. The summed E-state index contributed by atoms with van der Waals surface area (Å²) in [6, 6.07) is 8.66. The Morgan fingerprint density at radius 3 is 2.89 bits per heavy atom. The molecule has 3 aliphatic carbocycles. The van der Waals surface area contributed by atoms with Gasteiger partial charge in [0.05, 0.1) is 0 Å². The molecule has 2 nitrogen and oxygen atoms in total. The molecule has 1 aromatic rings. The maximum Gasteiger partial charge on any atom is 0.224 e. The Labute approximate surface area is 122 Å². The Balaban J connectivity index is 1.52. The van der Waals surface area contributed by atoms with E-state index in [1.165, 1.54) is 17.5 Å². The van der Waals surface area contributed by atoms with Crippen LogP contribution in [-0.4, -0.2) is 16.8 Å². The molecule has 0 saturated heterocycles. The summed E-state index contributed by atoms with van der Waals surface area (Å²) in [7, 11) is 0. The quantitative estimate of drug-likeness (QED) is 0.852. The number of rotatable bonds is 3. The van der Waals surface area contributed by atoms with E-state index in [9.17, 15) is 4.79 Å². The first-order chi connectivity index (χ1) is 9.24. The van der Waals surface area contributed by atoms with E-state index in [0.717, 1.165) is 24.6 Å². The molecule has 1 aromatic carbocycles.